The molecule has 0 aromatic heterocycles. The van der Waals surface area contributed by atoms with Crippen molar-refractivity contribution in [2.45, 2.75) is 199 Å². The Morgan fingerprint density at radius 1 is 0.517 bits per heavy atom. The molecule has 0 aromatic rings. The summed E-state index contributed by atoms with van der Waals surface area (Å²) in [4.78, 5) is 36.9. The fourth-order valence-corrected chi connectivity index (χ4v) is 6.62. The number of hydrogen-bond donors (Lipinski definition) is 0. The van der Waals surface area contributed by atoms with Crippen LogP contribution < -0.4 is 5.11 Å². The van der Waals surface area contributed by atoms with Gasteiger partial charge in [-0.05, 0) is 83.5 Å². The fraction of sp³-hybridized carbons (Fsp3) is 0.712. The molecular formula is C52H89NO7. The molecular weight excluding hydrogens is 751 g/mol. The molecule has 8 heteroatoms. The first kappa shape index (κ1) is 56.8. The second kappa shape index (κ2) is 42.5. The average molecular weight is 840 g/mol. The van der Waals surface area contributed by atoms with E-state index in [1.54, 1.807) is 21.1 Å². The second-order valence-corrected chi connectivity index (χ2v) is 17.0. The van der Waals surface area contributed by atoms with E-state index in [0.29, 0.717) is 12.8 Å². The Labute approximate surface area is 368 Å². The van der Waals surface area contributed by atoms with Crippen LogP contribution in [0.25, 0.3) is 0 Å². The van der Waals surface area contributed by atoms with Crippen molar-refractivity contribution in [1.82, 2.24) is 0 Å². The number of rotatable bonds is 42. The molecule has 60 heavy (non-hydrogen) atoms. The Kier molecular flexibility index (Phi) is 40.2. The van der Waals surface area contributed by atoms with Crippen molar-refractivity contribution in [1.29, 1.82) is 0 Å². The molecule has 2 unspecified atom stereocenters. The molecule has 0 aliphatic heterocycles. The molecule has 0 radical (unpaired) electrons. The fourth-order valence-electron chi connectivity index (χ4n) is 6.62. The molecule has 0 heterocycles. The first-order chi connectivity index (χ1) is 29.1. The van der Waals surface area contributed by atoms with Crippen LogP contribution in [0.15, 0.2) is 72.9 Å². The van der Waals surface area contributed by atoms with E-state index in [2.05, 4.69) is 86.8 Å². The quantitative estimate of drug-likeness (QED) is 0.0261. The van der Waals surface area contributed by atoms with Gasteiger partial charge < -0.3 is 28.6 Å². The molecule has 0 aromatic carbocycles. The minimum atomic E-state index is -1.13. The highest BCUT2D eigenvalue weighted by atomic mass is 16.6. The SMILES string of the molecule is CC/C=C/C/C=C/C/C=C/C/C=C/C/C=C/CCCCCCC(=O)OCC(COCCC(C(=O)[O-])[N+](C)(C)C)OC(=O)CCCCCCC/C=C/CCCCCCCCC. The summed E-state index contributed by atoms with van der Waals surface area (Å²) in [6.45, 7) is 4.51. The zero-order valence-electron chi connectivity index (χ0n) is 39.1. The molecule has 0 amide bonds. The molecule has 0 spiro atoms. The minimum absolute atomic E-state index is 0.0260. The van der Waals surface area contributed by atoms with E-state index in [4.69, 9.17) is 14.2 Å². The summed E-state index contributed by atoms with van der Waals surface area (Å²) in [5.74, 6) is -1.78. The van der Waals surface area contributed by atoms with Crippen LogP contribution in [-0.2, 0) is 28.6 Å². The van der Waals surface area contributed by atoms with Gasteiger partial charge in [0.1, 0.15) is 12.6 Å². The van der Waals surface area contributed by atoms with Crippen molar-refractivity contribution < 1.29 is 38.2 Å². The predicted octanol–water partition coefficient (Wildman–Crippen LogP) is 12.2. The molecule has 0 rings (SSSR count). The van der Waals surface area contributed by atoms with Crippen molar-refractivity contribution in [3.63, 3.8) is 0 Å². The van der Waals surface area contributed by atoms with Gasteiger partial charge in [0.2, 0.25) is 0 Å². The number of carboxylic acid groups (broad SMARTS) is 1. The van der Waals surface area contributed by atoms with Crippen LogP contribution >= 0.6 is 0 Å². The normalized spacial score (nSPS) is 13.6. The highest BCUT2D eigenvalue weighted by Crippen LogP contribution is 2.13. The summed E-state index contributed by atoms with van der Waals surface area (Å²) >= 11 is 0. The van der Waals surface area contributed by atoms with Crippen molar-refractivity contribution in [3.05, 3.63) is 72.9 Å². The molecule has 0 aliphatic rings. The Bertz CT molecular complexity index is 1210. The molecule has 2 atom stereocenters. The minimum Gasteiger partial charge on any atom is -0.544 e. The number of carbonyl (C=O) groups excluding carboxylic acids is 3. The highest BCUT2D eigenvalue weighted by molar-refractivity contribution is 5.70. The van der Waals surface area contributed by atoms with Gasteiger partial charge in [-0.15, -0.1) is 0 Å². The summed E-state index contributed by atoms with van der Waals surface area (Å²) in [5, 5.41) is 11.6. The molecule has 0 saturated heterocycles. The lowest BCUT2D eigenvalue weighted by Gasteiger charge is -2.34. The maximum Gasteiger partial charge on any atom is 0.306 e. The summed E-state index contributed by atoms with van der Waals surface area (Å²) in [6, 6.07) is -0.734. The van der Waals surface area contributed by atoms with Crippen LogP contribution in [0.3, 0.4) is 0 Å². The Balaban J connectivity index is 4.37. The summed E-state index contributed by atoms with van der Waals surface area (Å²) in [5.41, 5.74) is 0. The van der Waals surface area contributed by atoms with Crippen molar-refractivity contribution in [2.24, 2.45) is 0 Å². The van der Waals surface area contributed by atoms with Gasteiger partial charge in [0.25, 0.3) is 0 Å². The number of unbranched alkanes of at least 4 members (excludes halogenated alkanes) is 16. The number of allylic oxidation sites excluding steroid dienone is 12. The zero-order valence-corrected chi connectivity index (χ0v) is 39.1. The lowest BCUT2D eigenvalue weighted by atomic mass is 10.1. The lowest BCUT2D eigenvalue weighted by Crippen LogP contribution is -2.55. The monoisotopic (exact) mass is 840 g/mol. The molecule has 8 nitrogen and oxygen atoms in total. The maximum absolute atomic E-state index is 12.7. The van der Waals surface area contributed by atoms with Crippen LogP contribution in [0.5, 0.6) is 0 Å². The van der Waals surface area contributed by atoms with Gasteiger partial charge in [-0.1, -0.05) is 157 Å². The predicted molar refractivity (Wildman–Crippen MR) is 249 cm³/mol. The van der Waals surface area contributed by atoms with E-state index in [0.717, 1.165) is 96.3 Å². The van der Waals surface area contributed by atoms with E-state index in [1.807, 2.05) is 0 Å². The van der Waals surface area contributed by atoms with Gasteiger partial charge in [-0.25, -0.2) is 0 Å². The topological polar surface area (TPSA) is 102 Å². The number of ether oxygens (including phenoxy) is 3. The molecule has 0 N–H and O–H groups in total. The lowest BCUT2D eigenvalue weighted by molar-refractivity contribution is -0.889. The number of carboxylic acids is 1. The number of carbonyl (C=O) groups is 3. The van der Waals surface area contributed by atoms with Gasteiger partial charge >= 0.3 is 11.9 Å². The Morgan fingerprint density at radius 2 is 0.933 bits per heavy atom. The molecule has 0 aliphatic carbocycles. The number of likely N-dealkylation sites (N-methyl/N-ethyl adjacent to an activating group) is 1. The van der Waals surface area contributed by atoms with Crippen LogP contribution in [0, 0.1) is 0 Å². The maximum atomic E-state index is 12.7. The molecule has 0 saturated carbocycles. The number of quaternary nitrogens is 1. The third-order valence-corrected chi connectivity index (χ3v) is 10.3. The summed E-state index contributed by atoms with van der Waals surface area (Å²) in [6.07, 6.45) is 53.5. The van der Waals surface area contributed by atoms with Gasteiger partial charge in [0, 0.05) is 19.3 Å². The van der Waals surface area contributed by atoms with E-state index in [-0.39, 0.29) is 42.7 Å². The van der Waals surface area contributed by atoms with Crippen molar-refractivity contribution in [2.75, 3.05) is 41.0 Å². The number of nitrogens with zero attached hydrogens (tertiary/aromatic N) is 1. The van der Waals surface area contributed by atoms with Gasteiger partial charge in [-0.2, -0.15) is 0 Å². The van der Waals surface area contributed by atoms with Crippen LogP contribution in [0.4, 0.5) is 0 Å². The first-order valence-corrected chi connectivity index (χ1v) is 24.0. The van der Waals surface area contributed by atoms with Crippen LogP contribution in [0.1, 0.15) is 187 Å². The summed E-state index contributed by atoms with van der Waals surface area (Å²) < 4.78 is 17.2. The largest absolute Gasteiger partial charge is 0.544 e. The van der Waals surface area contributed by atoms with Crippen LogP contribution in [-0.4, -0.2) is 75.5 Å². The van der Waals surface area contributed by atoms with Gasteiger partial charge in [-0.3, -0.25) is 9.59 Å². The number of esters is 2. The van der Waals surface area contributed by atoms with E-state index >= 15 is 0 Å². The smallest absolute Gasteiger partial charge is 0.306 e. The highest BCUT2D eigenvalue weighted by Gasteiger charge is 2.25. The Morgan fingerprint density at radius 3 is 1.40 bits per heavy atom. The zero-order chi connectivity index (χ0) is 44.2. The van der Waals surface area contributed by atoms with Gasteiger partial charge in [0.15, 0.2) is 6.10 Å². The molecule has 344 valence electrons. The third-order valence-electron chi connectivity index (χ3n) is 10.3. The van der Waals surface area contributed by atoms with Gasteiger partial charge in [0.05, 0.1) is 40.3 Å². The standard InChI is InChI=1S/C52H89NO7/c1-6-8-10-12-14-16-18-20-22-24-25-26-27-29-30-32-34-36-38-40-42-50(54)59-47-48(46-58-45-44-49(52(56)57)53(3,4)5)60-51(55)43-41-39-37-35-33-31-28-23-21-19-17-15-13-11-9-7-2/h8,10,14,16,20,22-23,25-26,28-30,48-49H,6-7,9,11-13,15,17-19,21,24,27,31-47H2,1-5H3/b10-8+,16-14+,22-20+,26-25+,28-23+,30-29+. The van der Waals surface area contributed by atoms with Crippen LogP contribution in [0.2, 0.25) is 0 Å². The first-order valence-electron chi connectivity index (χ1n) is 24.0. The van der Waals surface area contributed by atoms with E-state index in [9.17, 15) is 19.5 Å². The van der Waals surface area contributed by atoms with E-state index in [1.165, 1.54) is 57.8 Å². The number of hydrogen-bond acceptors (Lipinski definition) is 7. The van der Waals surface area contributed by atoms with E-state index < -0.39 is 18.1 Å². The Hall–Kier alpha value is -3.23. The number of aliphatic carboxylic acids is 1. The molecule has 0 bridgehead atoms. The van der Waals surface area contributed by atoms with Crippen molar-refractivity contribution in [3.8, 4) is 0 Å². The molecule has 0 fully saturated rings. The second-order valence-electron chi connectivity index (χ2n) is 17.0. The summed E-state index contributed by atoms with van der Waals surface area (Å²) in [7, 11) is 5.39. The average Bonchev–Trinajstić information content (AvgIpc) is 3.21. The third kappa shape index (κ3) is 40.2. The van der Waals surface area contributed by atoms with Crippen molar-refractivity contribution >= 4 is 17.9 Å².